The highest BCUT2D eigenvalue weighted by Crippen LogP contribution is 2.32. The smallest absolute Gasteiger partial charge is 0.214 e. The molecule has 1 heterocycles. The van der Waals surface area contributed by atoms with Gasteiger partial charge in [0.2, 0.25) is 10.0 Å². The summed E-state index contributed by atoms with van der Waals surface area (Å²) in [6.45, 7) is 5.10. The van der Waals surface area contributed by atoms with Crippen LogP contribution in [-0.2, 0) is 10.0 Å². The topological polar surface area (TPSA) is 63.4 Å². The van der Waals surface area contributed by atoms with Gasteiger partial charge >= 0.3 is 0 Å². The molecule has 0 aromatic carbocycles. The summed E-state index contributed by atoms with van der Waals surface area (Å²) in [4.78, 5) is 0.503. The van der Waals surface area contributed by atoms with Crippen LogP contribution in [0.4, 0.5) is 0 Å². The lowest BCUT2D eigenvalue weighted by Gasteiger charge is -2.37. The molecule has 0 aliphatic carbocycles. The number of sulfonamides is 1. The van der Waals surface area contributed by atoms with E-state index in [1.807, 2.05) is 13.8 Å². The molecule has 0 amide bonds. The Morgan fingerprint density at radius 2 is 1.94 bits per heavy atom. The Morgan fingerprint density at radius 1 is 1.41 bits per heavy atom. The van der Waals surface area contributed by atoms with Crippen molar-refractivity contribution in [3.8, 4) is 0 Å². The minimum absolute atomic E-state index is 0.174. The van der Waals surface area contributed by atoms with Gasteiger partial charge < -0.3 is 5.73 Å². The van der Waals surface area contributed by atoms with Crippen LogP contribution in [0.5, 0.6) is 0 Å². The number of hydrogen-bond acceptors (Lipinski definition) is 3. The average Bonchev–Trinajstić information content (AvgIpc) is 2.27. The van der Waals surface area contributed by atoms with Crippen LogP contribution in [0.1, 0.15) is 39.5 Å². The Kier molecular flexibility index (Phi) is 4.92. The lowest BCUT2D eigenvalue weighted by Crippen LogP contribution is -2.47. The summed E-state index contributed by atoms with van der Waals surface area (Å²) in [6.07, 6.45) is 3.09. The van der Waals surface area contributed by atoms with E-state index in [1.165, 1.54) is 0 Å². The van der Waals surface area contributed by atoms with Crippen molar-refractivity contribution in [2.24, 2.45) is 11.1 Å². The van der Waals surface area contributed by atoms with Gasteiger partial charge in [-0.3, -0.25) is 0 Å². The highest BCUT2D eigenvalue weighted by Gasteiger charge is 2.36. The predicted molar refractivity (Wildman–Crippen MR) is 74.4 cm³/mol. The molecule has 1 aliphatic rings. The highest BCUT2D eigenvalue weighted by molar-refractivity contribution is 7.89. The predicted octanol–water partition coefficient (Wildman–Crippen LogP) is 1.50. The van der Waals surface area contributed by atoms with E-state index in [0.717, 1.165) is 25.7 Å². The van der Waals surface area contributed by atoms with E-state index >= 15 is 0 Å². The molecule has 100 valence electrons. The second-order valence-electron chi connectivity index (χ2n) is 4.99. The molecule has 0 bridgehead atoms. The molecular weight excluding hydrogens is 256 g/mol. The quantitative estimate of drug-likeness (QED) is 0.774. The third kappa shape index (κ3) is 3.63. The lowest BCUT2D eigenvalue weighted by molar-refractivity contribution is 0.244. The second kappa shape index (κ2) is 5.63. The Balaban J connectivity index is 2.60. The maximum Gasteiger partial charge on any atom is 0.214 e. The van der Waals surface area contributed by atoms with Crippen molar-refractivity contribution in [3.05, 3.63) is 0 Å². The normalized spacial score (nSPS) is 21.3. The number of unbranched alkanes of at least 4 members (excludes halogenated alkanes) is 1. The third-order valence-corrected chi connectivity index (χ3v) is 6.02. The van der Waals surface area contributed by atoms with Gasteiger partial charge in [-0.25, -0.2) is 12.7 Å². The molecule has 17 heavy (non-hydrogen) atoms. The number of piperidine rings is 1. The fraction of sp³-hybridized carbons (Fsp3) is 0.909. The van der Waals surface area contributed by atoms with Crippen molar-refractivity contribution in [2.75, 3.05) is 18.8 Å². The van der Waals surface area contributed by atoms with Crippen molar-refractivity contribution in [1.29, 1.82) is 0 Å². The average molecular weight is 278 g/mol. The van der Waals surface area contributed by atoms with Gasteiger partial charge in [-0.1, -0.05) is 32.5 Å². The summed E-state index contributed by atoms with van der Waals surface area (Å²) >= 11 is 5.04. The molecule has 0 radical (unpaired) electrons. The van der Waals surface area contributed by atoms with E-state index in [1.54, 1.807) is 4.31 Å². The van der Waals surface area contributed by atoms with Gasteiger partial charge in [-0.15, -0.1) is 0 Å². The molecule has 2 N–H and O–H groups in total. The number of nitrogens with two attached hydrogens (primary N) is 1. The van der Waals surface area contributed by atoms with E-state index < -0.39 is 10.0 Å². The molecule has 0 unspecified atom stereocenters. The molecule has 0 aromatic rings. The van der Waals surface area contributed by atoms with E-state index in [2.05, 4.69) is 0 Å². The van der Waals surface area contributed by atoms with Gasteiger partial charge in [-0.05, 0) is 19.3 Å². The molecule has 1 rings (SSSR count). The van der Waals surface area contributed by atoms with Crippen molar-refractivity contribution in [2.45, 2.75) is 39.5 Å². The van der Waals surface area contributed by atoms with Gasteiger partial charge in [0.1, 0.15) is 0 Å². The fourth-order valence-corrected chi connectivity index (χ4v) is 3.81. The zero-order valence-corrected chi connectivity index (χ0v) is 12.2. The van der Waals surface area contributed by atoms with Gasteiger partial charge in [0.05, 0.1) is 10.7 Å². The first-order valence-electron chi connectivity index (χ1n) is 6.09. The summed E-state index contributed by atoms with van der Waals surface area (Å²) in [7, 11) is -3.07. The third-order valence-electron chi connectivity index (χ3n) is 3.57. The molecule has 0 spiro atoms. The van der Waals surface area contributed by atoms with Gasteiger partial charge in [-0.2, -0.15) is 0 Å². The van der Waals surface area contributed by atoms with Crippen molar-refractivity contribution < 1.29 is 8.42 Å². The van der Waals surface area contributed by atoms with Crippen LogP contribution in [0.15, 0.2) is 0 Å². The first-order valence-corrected chi connectivity index (χ1v) is 8.11. The molecule has 0 saturated carbocycles. The maximum absolute atomic E-state index is 12.0. The van der Waals surface area contributed by atoms with Gasteiger partial charge in [0, 0.05) is 18.5 Å². The highest BCUT2D eigenvalue weighted by atomic mass is 32.2. The fourth-order valence-electron chi connectivity index (χ4n) is 1.96. The van der Waals surface area contributed by atoms with Crippen LogP contribution < -0.4 is 5.73 Å². The van der Waals surface area contributed by atoms with Gasteiger partial charge in [0.15, 0.2) is 0 Å². The van der Waals surface area contributed by atoms with Crippen LogP contribution in [0.25, 0.3) is 0 Å². The molecule has 1 fully saturated rings. The molecule has 1 aliphatic heterocycles. The van der Waals surface area contributed by atoms with Crippen LogP contribution in [-0.4, -0.2) is 36.6 Å². The number of thiocarbonyl (C=S) groups is 1. The van der Waals surface area contributed by atoms with Crippen LogP contribution in [0.2, 0.25) is 0 Å². The Bertz CT molecular complexity index is 371. The second-order valence-corrected chi connectivity index (χ2v) is 7.52. The van der Waals surface area contributed by atoms with Crippen molar-refractivity contribution in [1.82, 2.24) is 4.31 Å². The summed E-state index contributed by atoms with van der Waals surface area (Å²) in [5.74, 6) is 0.257. The number of rotatable bonds is 5. The van der Waals surface area contributed by atoms with E-state index in [-0.39, 0.29) is 11.2 Å². The Morgan fingerprint density at radius 3 is 2.35 bits per heavy atom. The lowest BCUT2D eigenvalue weighted by atomic mass is 9.81. The zero-order chi connectivity index (χ0) is 13.1. The number of nitrogens with zero attached hydrogens (tertiary/aromatic N) is 1. The minimum Gasteiger partial charge on any atom is -0.393 e. The first-order chi connectivity index (χ1) is 7.82. The Labute approximate surface area is 110 Å². The van der Waals surface area contributed by atoms with E-state index in [9.17, 15) is 8.42 Å². The molecule has 0 atom stereocenters. The molecule has 1 saturated heterocycles. The molecule has 0 aromatic heterocycles. The SMILES string of the molecule is CCCCS(=O)(=O)N1CCC(C)(C(N)=S)CC1. The minimum atomic E-state index is -3.07. The van der Waals surface area contributed by atoms with Crippen LogP contribution >= 0.6 is 12.2 Å². The maximum atomic E-state index is 12.0. The standard InChI is InChI=1S/C11H22N2O2S2/c1-3-4-9-17(14,15)13-7-5-11(2,6-8-13)10(12)16/h3-9H2,1-2H3,(H2,12,16). The van der Waals surface area contributed by atoms with Crippen LogP contribution in [0.3, 0.4) is 0 Å². The van der Waals surface area contributed by atoms with E-state index in [0.29, 0.717) is 18.1 Å². The monoisotopic (exact) mass is 278 g/mol. The summed E-state index contributed by atoms with van der Waals surface area (Å²) in [6, 6.07) is 0. The van der Waals surface area contributed by atoms with Crippen LogP contribution in [0, 0.1) is 5.41 Å². The first kappa shape index (κ1) is 14.9. The zero-order valence-electron chi connectivity index (χ0n) is 10.6. The van der Waals surface area contributed by atoms with Crippen molar-refractivity contribution >= 4 is 27.2 Å². The van der Waals surface area contributed by atoms with E-state index in [4.69, 9.17) is 18.0 Å². The summed E-state index contributed by atoms with van der Waals surface area (Å²) < 4.78 is 25.6. The van der Waals surface area contributed by atoms with Crippen molar-refractivity contribution in [3.63, 3.8) is 0 Å². The molecular formula is C11H22N2O2S2. The largest absolute Gasteiger partial charge is 0.393 e. The summed E-state index contributed by atoms with van der Waals surface area (Å²) in [5, 5.41) is 0. The van der Waals surface area contributed by atoms with Gasteiger partial charge in [0.25, 0.3) is 0 Å². The number of hydrogen-bond donors (Lipinski definition) is 1. The summed E-state index contributed by atoms with van der Waals surface area (Å²) in [5.41, 5.74) is 5.53. The molecule has 4 nitrogen and oxygen atoms in total. The molecule has 6 heteroatoms. The Hall–Kier alpha value is -0.200.